The van der Waals surface area contributed by atoms with Gasteiger partial charge in [0.15, 0.2) is 0 Å². The Balaban J connectivity index is 1.94. The molecule has 0 spiro atoms. The molecular weight excluding hydrogens is 238 g/mol. The summed E-state index contributed by atoms with van der Waals surface area (Å²) in [6.07, 6.45) is 0. The van der Waals surface area contributed by atoms with E-state index in [0.29, 0.717) is 0 Å². The molecule has 1 aromatic carbocycles. The molecule has 0 aliphatic rings. The van der Waals surface area contributed by atoms with Crippen LogP contribution in [-0.4, -0.2) is 0 Å². The van der Waals surface area contributed by atoms with E-state index in [4.69, 9.17) is 0 Å². The predicted molar refractivity (Wildman–Crippen MR) is 80.3 cm³/mol. The Morgan fingerprint density at radius 1 is 0.944 bits per heavy atom. The number of aryl methyl sites for hydroxylation is 4. The van der Waals surface area contributed by atoms with E-state index >= 15 is 0 Å². The lowest BCUT2D eigenvalue weighted by atomic mass is 10.1. The first-order valence-electron chi connectivity index (χ1n) is 6.39. The van der Waals surface area contributed by atoms with Gasteiger partial charge in [-0.05, 0) is 50.5 Å². The number of benzene rings is 1. The molecular formula is C16H21NS. The van der Waals surface area contributed by atoms with Crippen molar-refractivity contribution >= 4 is 11.3 Å². The minimum absolute atomic E-state index is 0.948. The third-order valence-electron chi connectivity index (χ3n) is 3.34. The van der Waals surface area contributed by atoms with Gasteiger partial charge in [-0.15, -0.1) is 11.3 Å². The van der Waals surface area contributed by atoms with Gasteiger partial charge >= 0.3 is 0 Å². The van der Waals surface area contributed by atoms with Crippen LogP contribution in [0.5, 0.6) is 0 Å². The van der Waals surface area contributed by atoms with Crippen molar-refractivity contribution in [1.82, 2.24) is 5.32 Å². The van der Waals surface area contributed by atoms with Crippen LogP contribution in [0.15, 0.2) is 24.3 Å². The monoisotopic (exact) mass is 259 g/mol. The lowest BCUT2D eigenvalue weighted by Gasteiger charge is -2.08. The second kappa shape index (κ2) is 5.68. The minimum Gasteiger partial charge on any atom is -0.308 e. The summed E-state index contributed by atoms with van der Waals surface area (Å²) >= 11 is 1.89. The average Bonchev–Trinajstić information content (AvgIpc) is 2.63. The van der Waals surface area contributed by atoms with Gasteiger partial charge in [-0.25, -0.2) is 0 Å². The molecule has 2 rings (SSSR count). The van der Waals surface area contributed by atoms with Crippen LogP contribution in [-0.2, 0) is 13.1 Å². The SMILES string of the molecule is Cc1ccc(C)c(CNCc2cc(C)c(C)s2)c1. The highest BCUT2D eigenvalue weighted by atomic mass is 32.1. The van der Waals surface area contributed by atoms with Gasteiger partial charge in [-0.1, -0.05) is 23.8 Å². The highest BCUT2D eigenvalue weighted by Crippen LogP contribution is 2.20. The van der Waals surface area contributed by atoms with E-state index in [1.165, 1.54) is 32.0 Å². The van der Waals surface area contributed by atoms with Gasteiger partial charge < -0.3 is 5.32 Å². The van der Waals surface area contributed by atoms with Crippen LogP contribution in [0.1, 0.15) is 32.0 Å². The Labute approximate surface area is 114 Å². The predicted octanol–water partition coefficient (Wildman–Crippen LogP) is 4.27. The normalized spacial score (nSPS) is 10.9. The highest BCUT2D eigenvalue weighted by molar-refractivity contribution is 7.12. The Kier molecular flexibility index (Phi) is 4.20. The van der Waals surface area contributed by atoms with E-state index in [9.17, 15) is 0 Å². The van der Waals surface area contributed by atoms with Gasteiger partial charge in [0.1, 0.15) is 0 Å². The molecule has 1 aromatic heterocycles. The van der Waals surface area contributed by atoms with Crippen LogP contribution in [0.25, 0.3) is 0 Å². The van der Waals surface area contributed by atoms with Crippen molar-refractivity contribution < 1.29 is 0 Å². The standard InChI is InChI=1S/C16H21NS/c1-11-5-6-12(2)15(7-11)9-17-10-16-8-13(3)14(4)18-16/h5-8,17H,9-10H2,1-4H3. The summed E-state index contributed by atoms with van der Waals surface area (Å²) in [5.74, 6) is 0. The van der Waals surface area contributed by atoms with Gasteiger partial charge in [0.05, 0.1) is 0 Å². The largest absolute Gasteiger partial charge is 0.308 e. The van der Waals surface area contributed by atoms with E-state index in [0.717, 1.165) is 13.1 Å². The summed E-state index contributed by atoms with van der Waals surface area (Å²) in [5, 5.41) is 3.54. The molecule has 0 bridgehead atoms. The van der Waals surface area contributed by atoms with E-state index in [-0.39, 0.29) is 0 Å². The maximum Gasteiger partial charge on any atom is 0.0303 e. The van der Waals surface area contributed by atoms with Gasteiger partial charge in [0.25, 0.3) is 0 Å². The maximum absolute atomic E-state index is 3.54. The highest BCUT2D eigenvalue weighted by Gasteiger charge is 2.02. The summed E-state index contributed by atoms with van der Waals surface area (Å²) in [7, 11) is 0. The van der Waals surface area contributed by atoms with Crippen molar-refractivity contribution in [2.75, 3.05) is 0 Å². The minimum atomic E-state index is 0.948. The molecule has 0 amide bonds. The first-order chi connectivity index (χ1) is 8.56. The van der Waals surface area contributed by atoms with Crippen LogP contribution in [0.2, 0.25) is 0 Å². The average molecular weight is 259 g/mol. The molecule has 2 aromatic rings. The maximum atomic E-state index is 3.54. The Bertz CT molecular complexity index is 521. The number of thiophene rings is 1. The molecule has 96 valence electrons. The third kappa shape index (κ3) is 3.21. The Morgan fingerprint density at radius 2 is 1.72 bits per heavy atom. The molecule has 18 heavy (non-hydrogen) atoms. The van der Waals surface area contributed by atoms with Crippen LogP contribution in [0, 0.1) is 27.7 Å². The quantitative estimate of drug-likeness (QED) is 0.864. The second-order valence-electron chi connectivity index (χ2n) is 4.99. The van der Waals surface area contributed by atoms with Crippen LogP contribution < -0.4 is 5.32 Å². The third-order valence-corrected chi connectivity index (χ3v) is 4.49. The Hall–Kier alpha value is -1.12. The number of nitrogens with one attached hydrogen (secondary N) is 1. The van der Waals surface area contributed by atoms with Crippen molar-refractivity contribution in [3.05, 3.63) is 56.3 Å². The van der Waals surface area contributed by atoms with Crippen LogP contribution in [0.4, 0.5) is 0 Å². The molecule has 1 N–H and O–H groups in total. The van der Waals surface area contributed by atoms with E-state index in [1.807, 2.05) is 11.3 Å². The first-order valence-corrected chi connectivity index (χ1v) is 7.20. The zero-order valence-corrected chi connectivity index (χ0v) is 12.4. The molecule has 1 heterocycles. The molecule has 0 radical (unpaired) electrons. The number of rotatable bonds is 4. The summed E-state index contributed by atoms with van der Waals surface area (Å²) in [6, 6.07) is 8.93. The lowest BCUT2D eigenvalue weighted by molar-refractivity contribution is 0.697. The lowest BCUT2D eigenvalue weighted by Crippen LogP contribution is -2.12. The summed E-state index contributed by atoms with van der Waals surface area (Å²) in [6.45, 7) is 10.6. The van der Waals surface area contributed by atoms with Gasteiger partial charge in [-0.3, -0.25) is 0 Å². The van der Waals surface area contributed by atoms with E-state index < -0.39 is 0 Å². The van der Waals surface area contributed by atoms with Crippen molar-refractivity contribution in [3.63, 3.8) is 0 Å². The molecule has 0 saturated heterocycles. The fraction of sp³-hybridized carbons (Fsp3) is 0.375. The molecule has 0 atom stereocenters. The molecule has 2 heteroatoms. The fourth-order valence-electron chi connectivity index (χ4n) is 2.05. The number of hydrogen-bond donors (Lipinski definition) is 1. The molecule has 0 fully saturated rings. The molecule has 1 nitrogen and oxygen atoms in total. The summed E-state index contributed by atoms with van der Waals surface area (Å²) in [5.41, 5.74) is 5.51. The molecule has 0 aliphatic carbocycles. The van der Waals surface area contributed by atoms with Crippen molar-refractivity contribution in [2.45, 2.75) is 40.8 Å². The molecule has 0 unspecified atom stereocenters. The van der Waals surface area contributed by atoms with Crippen LogP contribution in [0.3, 0.4) is 0 Å². The van der Waals surface area contributed by atoms with Gasteiger partial charge in [0, 0.05) is 22.8 Å². The first kappa shape index (κ1) is 13.3. The van der Waals surface area contributed by atoms with Gasteiger partial charge in [-0.2, -0.15) is 0 Å². The summed E-state index contributed by atoms with van der Waals surface area (Å²) in [4.78, 5) is 2.86. The van der Waals surface area contributed by atoms with Gasteiger partial charge in [0.2, 0.25) is 0 Å². The smallest absolute Gasteiger partial charge is 0.0303 e. The number of hydrogen-bond acceptors (Lipinski definition) is 2. The van der Waals surface area contributed by atoms with Crippen LogP contribution >= 0.6 is 11.3 Å². The Morgan fingerprint density at radius 3 is 2.39 bits per heavy atom. The van der Waals surface area contributed by atoms with Crippen molar-refractivity contribution in [3.8, 4) is 0 Å². The zero-order chi connectivity index (χ0) is 13.1. The molecule has 0 aliphatic heterocycles. The zero-order valence-electron chi connectivity index (χ0n) is 11.6. The van der Waals surface area contributed by atoms with Crippen molar-refractivity contribution in [2.24, 2.45) is 0 Å². The summed E-state index contributed by atoms with van der Waals surface area (Å²) < 4.78 is 0. The van der Waals surface area contributed by atoms with E-state index in [2.05, 4.69) is 57.3 Å². The van der Waals surface area contributed by atoms with Crippen molar-refractivity contribution in [1.29, 1.82) is 0 Å². The topological polar surface area (TPSA) is 12.0 Å². The van der Waals surface area contributed by atoms with E-state index in [1.54, 1.807) is 0 Å². The fourth-order valence-corrected chi connectivity index (χ4v) is 3.07. The molecule has 0 saturated carbocycles. The second-order valence-corrected chi connectivity index (χ2v) is 6.33.